The molecular weight excluding hydrogens is 156 g/mol. The Hall–Kier alpha value is -1.32. The second-order valence-electron chi connectivity index (χ2n) is 2.46. The standard InChI is InChI=1S/C8H12N2O2/c1-3-7-9-5-6(8(11)12)10(7)4-2/h5H,3-4H2,1-2H3,(H,11,12). The number of hydrogen-bond donors (Lipinski definition) is 1. The topological polar surface area (TPSA) is 55.1 Å². The highest BCUT2D eigenvalue weighted by Gasteiger charge is 2.12. The maximum Gasteiger partial charge on any atom is 0.354 e. The van der Waals surface area contributed by atoms with Crippen molar-refractivity contribution in [1.29, 1.82) is 0 Å². The van der Waals surface area contributed by atoms with Crippen LogP contribution in [0.25, 0.3) is 0 Å². The number of aromatic nitrogens is 2. The summed E-state index contributed by atoms with van der Waals surface area (Å²) >= 11 is 0. The Morgan fingerprint density at radius 1 is 1.67 bits per heavy atom. The zero-order valence-electron chi connectivity index (χ0n) is 7.24. The molecule has 0 radical (unpaired) electrons. The van der Waals surface area contributed by atoms with Gasteiger partial charge in [-0.05, 0) is 6.92 Å². The van der Waals surface area contributed by atoms with Crippen molar-refractivity contribution in [3.8, 4) is 0 Å². The quantitative estimate of drug-likeness (QED) is 0.736. The molecule has 1 aromatic heterocycles. The number of imidazole rings is 1. The Bertz CT molecular complexity index is 291. The second-order valence-corrected chi connectivity index (χ2v) is 2.46. The number of aryl methyl sites for hydroxylation is 1. The first kappa shape index (κ1) is 8.77. The fourth-order valence-electron chi connectivity index (χ4n) is 1.22. The maximum atomic E-state index is 10.6. The van der Waals surface area contributed by atoms with Crippen LogP contribution in [0.2, 0.25) is 0 Å². The van der Waals surface area contributed by atoms with E-state index >= 15 is 0 Å². The molecule has 0 bridgehead atoms. The smallest absolute Gasteiger partial charge is 0.354 e. The number of carboxylic acids is 1. The molecule has 1 rings (SSSR count). The zero-order valence-corrected chi connectivity index (χ0v) is 7.24. The van der Waals surface area contributed by atoms with Gasteiger partial charge in [0.25, 0.3) is 0 Å². The van der Waals surface area contributed by atoms with E-state index in [1.165, 1.54) is 6.20 Å². The highest BCUT2D eigenvalue weighted by Crippen LogP contribution is 2.05. The number of carbonyl (C=O) groups is 1. The molecule has 0 aliphatic carbocycles. The number of carboxylic acid groups (broad SMARTS) is 1. The van der Waals surface area contributed by atoms with Gasteiger partial charge in [-0.1, -0.05) is 6.92 Å². The molecule has 0 spiro atoms. The fourth-order valence-corrected chi connectivity index (χ4v) is 1.22. The summed E-state index contributed by atoms with van der Waals surface area (Å²) in [5.41, 5.74) is 0.273. The van der Waals surface area contributed by atoms with Gasteiger partial charge in [0.2, 0.25) is 0 Å². The SMILES string of the molecule is CCc1ncc(C(=O)O)n1CC. The van der Waals surface area contributed by atoms with Crippen LogP contribution >= 0.6 is 0 Å². The molecule has 1 N–H and O–H groups in total. The van der Waals surface area contributed by atoms with Crippen molar-refractivity contribution in [1.82, 2.24) is 9.55 Å². The van der Waals surface area contributed by atoms with Crippen LogP contribution in [-0.4, -0.2) is 20.6 Å². The summed E-state index contributed by atoms with van der Waals surface area (Å²) in [7, 11) is 0. The van der Waals surface area contributed by atoms with Crippen LogP contribution in [-0.2, 0) is 13.0 Å². The molecule has 0 amide bonds. The van der Waals surface area contributed by atoms with Gasteiger partial charge in [0.1, 0.15) is 11.5 Å². The molecule has 12 heavy (non-hydrogen) atoms. The van der Waals surface area contributed by atoms with Crippen LogP contribution < -0.4 is 0 Å². The van der Waals surface area contributed by atoms with Crippen LogP contribution in [0.15, 0.2) is 6.20 Å². The lowest BCUT2D eigenvalue weighted by Crippen LogP contribution is -2.09. The number of aromatic carboxylic acids is 1. The van der Waals surface area contributed by atoms with Crippen molar-refractivity contribution < 1.29 is 9.90 Å². The lowest BCUT2D eigenvalue weighted by molar-refractivity contribution is 0.0685. The van der Waals surface area contributed by atoms with Crippen molar-refractivity contribution in [3.63, 3.8) is 0 Å². The van der Waals surface area contributed by atoms with Gasteiger partial charge in [0.15, 0.2) is 0 Å². The number of nitrogens with zero attached hydrogens (tertiary/aromatic N) is 2. The van der Waals surface area contributed by atoms with Crippen molar-refractivity contribution >= 4 is 5.97 Å². The van der Waals surface area contributed by atoms with Crippen molar-refractivity contribution in [3.05, 3.63) is 17.7 Å². The monoisotopic (exact) mass is 168 g/mol. The van der Waals surface area contributed by atoms with Crippen LogP contribution in [0.4, 0.5) is 0 Å². The molecule has 1 heterocycles. The molecule has 0 aliphatic rings. The van der Waals surface area contributed by atoms with Gasteiger partial charge >= 0.3 is 5.97 Å². The minimum Gasteiger partial charge on any atom is -0.477 e. The highest BCUT2D eigenvalue weighted by molar-refractivity contribution is 5.85. The summed E-state index contributed by atoms with van der Waals surface area (Å²) in [6, 6.07) is 0. The summed E-state index contributed by atoms with van der Waals surface area (Å²) in [6.45, 7) is 4.53. The largest absolute Gasteiger partial charge is 0.477 e. The van der Waals surface area contributed by atoms with Gasteiger partial charge in [0, 0.05) is 13.0 Å². The normalized spacial score (nSPS) is 10.2. The summed E-state index contributed by atoms with van der Waals surface area (Å²) < 4.78 is 1.71. The van der Waals surface area contributed by atoms with Gasteiger partial charge in [-0.15, -0.1) is 0 Å². The third-order valence-corrected chi connectivity index (χ3v) is 1.79. The molecule has 0 saturated carbocycles. The highest BCUT2D eigenvalue weighted by atomic mass is 16.4. The Kier molecular flexibility index (Phi) is 2.47. The lowest BCUT2D eigenvalue weighted by atomic mass is 10.4. The van der Waals surface area contributed by atoms with Gasteiger partial charge in [-0.25, -0.2) is 9.78 Å². The molecule has 4 nitrogen and oxygen atoms in total. The third kappa shape index (κ3) is 1.32. The van der Waals surface area contributed by atoms with Gasteiger partial charge in [0.05, 0.1) is 6.20 Å². The first-order chi connectivity index (χ1) is 5.70. The zero-order chi connectivity index (χ0) is 9.14. The molecule has 4 heteroatoms. The fraction of sp³-hybridized carbons (Fsp3) is 0.500. The molecule has 0 saturated heterocycles. The van der Waals surface area contributed by atoms with Crippen molar-refractivity contribution in [2.45, 2.75) is 26.8 Å². The molecule has 0 aromatic carbocycles. The van der Waals surface area contributed by atoms with E-state index < -0.39 is 5.97 Å². The second kappa shape index (κ2) is 3.38. The molecule has 0 aliphatic heterocycles. The third-order valence-electron chi connectivity index (χ3n) is 1.79. The van der Waals surface area contributed by atoms with Crippen LogP contribution in [0.5, 0.6) is 0 Å². The van der Waals surface area contributed by atoms with Gasteiger partial charge in [-0.2, -0.15) is 0 Å². The first-order valence-corrected chi connectivity index (χ1v) is 3.98. The number of rotatable bonds is 3. The summed E-state index contributed by atoms with van der Waals surface area (Å²) in [5, 5.41) is 8.74. The summed E-state index contributed by atoms with van der Waals surface area (Å²) in [4.78, 5) is 14.7. The Labute approximate surface area is 70.9 Å². The minimum atomic E-state index is -0.913. The molecule has 66 valence electrons. The molecular formula is C8H12N2O2. The summed E-state index contributed by atoms with van der Waals surface area (Å²) in [6.07, 6.45) is 2.17. The Balaban J connectivity index is 3.13. The lowest BCUT2D eigenvalue weighted by Gasteiger charge is -2.03. The predicted molar refractivity (Wildman–Crippen MR) is 44.2 cm³/mol. The average molecular weight is 168 g/mol. The van der Waals surface area contributed by atoms with Crippen LogP contribution in [0.3, 0.4) is 0 Å². The minimum absolute atomic E-state index is 0.273. The molecule has 0 fully saturated rings. The Morgan fingerprint density at radius 2 is 2.33 bits per heavy atom. The van der Waals surface area contributed by atoms with Crippen LogP contribution in [0.1, 0.15) is 30.2 Å². The van der Waals surface area contributed by atoms with Crippen LogP contribution in [0, 0.1) is 0 Å². The van der Waals surface area contributed by atoms with E-state index in [0.29, 0.717) is 6.54 Å². The van der Waals surface area contributed by atoms with Gasteiger partial charge in [-0.3, -0.25) is 0 Å². The van der Waals surface area contributed by atoms with E-state index in [-0.39, 0.29) is 5.69 Å². The first-order valence-electron chi connectivity index (χ1n) is 3.98. The maximum absolute atomic E-state index is 10.6. The average Bonchev–Trinajstić information content (AvgIpc) is 2.46. The molecule has 1 aromatic rings. The van der Waals surface area contributed by atoms with E-state index in [0.717, 1.165) is 12.2 Å². The van der Waals surface area contributed by atoms with E-state index in [4.69, 9.17) is 5.11 Å². The van der Waals surface area contributed by atoms with E-state index in [2.05, 4.69) is 4.98 Å². The predicted octanol–water partition coefficient (Wildman–Crippen LogP) is 1.16. The van der Waals surface area contributed by atoms with E-state index in [1.54, 1.807) is 4.57 Å². The van der Waals surface area contributed by atoms with E-state index in [9.17, 15) is 4.79 Å². The summed E-state index contributed by atoms with van der Waals surface area (Å²) in [5.74, 6) is -0.0843. The van der Waals surface area contributed by atoms with Crippen molar-refractivity contribution in [2.24, 2.45) is 0 Å². The Morgan fingerprint density at radius 3 is 2.75 bits per heavy atom. The molecule has 0 unspecified atom stereocenters. The van der Waals surface area contributed by atoms with Crippen molar-refractivity contribution in [2.75, 3.05) is 0 Å². The van der Waals surface area contributed by atoms with E-state index in [1.807, 2.05) is 13.8 Å². The van der Waals surface area contributed by atoms with Gasteiger partial charge < -0.3 is 9.67 Å². The molecule has 0 atom stereocenters. The number of hydrogen-bond acceptors (Lipinski definition) is 2.